The molecule has 1 aliphatic heterocycles. The van der Waals surface area contributed by atoms with E-state index in [0.717, 1.165) is 11.0 Å². The van der Waals surface area contributed by atoms with Crippen molar-refractivity contribution < 1.29 is 18.4 Å². The lowest BCUT2D eigenvalue weighted by atomic mass is 10.1. The molecule has 96 valence electrons. The summed E-state index contributed by atoms with van der Waals surface area (Å²) in [5.74, 6) is -4.17. The van der Waals surface area contributed by atoms with Crippen LogP contribution < -0.4 is 16.4 Å². The maximum atomic E-state index is 13.7. The second-order valence-electron chi connectivity index (χ2n) is 4.11. The van der Waals surface area contributed by atoms with Crippen LogP contribution >= 0.6 is 0 Å². The zero-order chi connectivity index (χ0) is 13.4. The number of nitrogen functional groups attached to an aromatic ring is 1. The van der Waals surface area contributed by atoms with Gasteiger partial charge in [-0.2, -0.15) is 0 Å². The molecule has 0 spiro atoms. The number of carbonyl (C=O) groups is 2. The van der Waals surface area contributed by atoms with Gasteiger partial charge in [0.15, 0.2) is 11.6 Å². The quantitative estimate of drug-likeness (QED) is 0.749. The molecule has 1 heterocycles. The van der Waals surface area contributed by atoms with Crippen molar-refractivity contribution in [2.45, 2.75) is 6.42 Å². The van der Waals surface area contributed by atoms with Gasteiger partial charge >= 0.3 is 0 Å². The van der Waals surface area contributed by atoms with Crippen molar-refractivity contribution in [1.82, 2.24) is 0 Å². The zero-order valence-corrected chi connectivity index (χ0v) is 9.32. The van der Waals surface area contributed by atoms with Gasteiger partial charge in [-0.25, -0.2) is 8.78 Å². The third kappa shape index (κ3) is 1.87. The van der Waals surface area contributed by atoms with E-state index >= 15 is 0 Å². The topological polar surface area (TPSA) is 89.4 Å². The minimum Gasteiger partial charge on any atom is -0.397 e. The molecule has 2 amide bonds. The molecule has 0 saturated carbocycles. The monoisotopic (exact) mass is 255 g/mol. The minimum absolute atomic E-state index is 0.0626. The average molecular weight is 255 g/mol. The molecule has 1 atom stereocenters. The third-order valence-electron chi connectivity index (χ3n) is 2.90. The summed E-state index contributed by atoms with van der Waals surface area (Å²) in [6.07, 6.45) is -0.120. The number of halogens is 2. The summed E-state index contributed by atoms with van der Waals surface area (Å²) in [6, 6.07) is 2.04. The Balaban J connectivity index is 2.41. The van der Waals surface area contributed by atoms with E-state index in [1.807, 2.05) is 0 Å². The van der Waals surface area contributed by atoms with Crippen LogP contribution in [-0.4, -0.2) is 18.4 Å². The van der Waals surface area contributed by atoms with Crippen molar-refractivity contribution in [2.24, 2.45) is 11.7 Å². The second kappa shape index (κ2) is 4.25. The highest BCUT2D eigenvalue weighted by Crippen LogP contribution is 2.33. The normalized spacial score (nSPS) is 19.3. The molecule has 0 radical (unpaired) electrons. The van der Waals surface area contributed by atoms with E-state index in [-0.39, 0.29) is 24.3 Å². The molecule has 2 rings (SSSR count). The predicted octanol–water partition coefficient (Wildman–Crippen LogP) is 0.385. The Morgan fingerprint density at radius 1 is 1.39 bits per heavy atom. The molecule has 1 fully saturated rings. The van der Waals surface area contributed by atoms with Crippen molar-refractivity contribution >= 4 is 23.2 Å². The molecule has 1 aromatic rings. The SMILES string of the molecule is NC(=O)C1CC(=O)N(c2c(N)ccc(F)c2F)C1. The molecular weight excluding hydrogens is 244 g/mol. The Kier molecular flexibility index (Phi) is 2.90. The number of carbonyl (C=O) groups excluding carboxylic acids is 2. The molecule has 5 nitrogen and oxygen atoms in total. The van der Waals surface area contributed by atoms with Crippen LogP contribution in [0.15, 0.2) is 12.1 Å². The average Bonchev–Trinajstić information content (AvgIpc) is 2.67. The van der Waals surface area contributed by atoms with E-state index in [4.69, 9.17) is 11.5 Å². The fraction of sp³-hybridized carbons (Fsp3) is 0.273. The van der Waals surface area contributed by atoms with E-state index in [2.05, 4.69) is 0 Å². The predicted molar refractivity (Wildman–Crippen MR) is 60.4 cm³/mol. The van der Waals surface area contributed by atoms with Gasteiger partial charge in [0, 0.05) is 13.0 Å². The lowest BCUT2D eigenvalue weighted by Crippen LogP contribution is -2.29. The summed E-state index contributed by atoms with van der Waals surface area (Å²) < 4.78 is 26.8. The standard InChI is InChI=1S/C11H11F2N3O2/c12-6-1-2-7(14)10(9(6)13)16-4-5(11(15)18)3-8(16)17/h1-2,5H,3-4,14H2,(H2,15,18). The Morgan fingerprint density at radius 3 is 2.61 bits per heavy atom. The number of primary amides is 1. The molecular formula is C11H11F2N3O2. The van der Waals surface area contributed by atoms with Gasteiger partial charge in [0.1, 0.15) is 5.69 Å². The number of hydrogen-bond acceptors (Lipinski definition) is 3. The molecule has 1 saturated heterocycles. The van der Waals surface area contributed by atoms with Crippen molar-refractivity contribution in [2.75, 3.05) is 17.2 Å². The molecule has 1 aromatic carbocycles. The number of amides is 2. The van der Waals surface area contributed by atoms with E-state index < -0.39 is 29.4 Å². The Hall–Kier alpha value is -2.18. The van der Waals surface area contributed by atoms with Gasteiger partial charge in [0.25, 0.3) is 0 Å². The van der Waals surface area contributed by atoms with Gasteiger partial charge in [-0.05, 0) is 12.1 Å². The van der Waals surface area contributed by atoms with Gasteiger partial charge in [-0.3, -0.25) is 9.59 Å². The summed E-state index contributed by atoms with van der Waals surface area (Å²) in [5, 5.41) is 0. The molecule has 7 heteroatoms. The molecule has 0 aliphatic carbocycles. The van der Waals surface area contributed by atoms with Gasteiger partial charge in [-0.1, -0.05) is 0 Å². The van der Waals surface area contributed by atoms with Crippen LogP contribution in [0, 0.1) is 17.6 Å². The smallest absolute Gasteiger partial charge is 0.228 e. The van der Waals surface area contributed by atoms with Crippen LogP contribution in [0.5, 0.6) is 0 Å². The van der Waals surface area contributed by atoms with Crippen molar-refractivity contribution in [1.29, 1.82) is 0 Å². The van der Waals surface area contributed by atoms with Crippen LogP contribution in [-0.2, 0) is 9.59 Å². The largest absolute Gasteiger partial charge is 0.397 e. The number of nitrogens with two attached hydrogens (primary N) is 2. The van der Waals surface area contributed by atoms with Crippen molar-refractivity contribution in [3.63, 3.8) is 0 Å². The number of anilines is 2. The molecule has 4 N–H and O–H groups in total. The van der Waals surface area contributed by atoms with Crippen molar-refractivity contribution in [3.8, 4) is 0 Å². The molecule has 1 aliphatic rings. The number of hydrogen-bond donors (Lipinski definition) is 2. The van der Waals surface area contributed by atoms with Crippen LogP contribution in [0.1, 0.15) is 6.42 Å². The van der Waals surface area contributed by atoms with Crippen LogP contribution in [0.2, 0.25) is 0 Å². The molecule has 0 bridgehead atoms. The van der Waals surface area contributed by atoms with E-state index in [0.29, 0.717) is 0 Å². The van der Waals surface area contributed by atoms with Crippen LogP contribution in [0.25, 0.3) is 0 Å². The Morgan fingerprint density at radius 2 is 2.06 bits per heavy atom. The van der Waals surface area contributed by atoms with Crippen LogP contribution in [0.3, 0.4) is 0 Å². The van der Waals surface area contributed by atoms with E-state index in [9.17, 15) is 18.4 Å². The maximum Gasteiger partial charge on any atom is 0.228 e. The lowest BCUT2D eigenvalue weighted by Gasteiger charge is -2.19. The summed E-state index contributed by atoms with van der Waals surface area (Å²) >= 11 is 0. The zero-order valence-electron chi connectivity index (χ0n) is 9.32. The van der Waals surface area contributed by atoms with Gasteiger partial charge in [0.05, 0.1) is 11.6 Å². The van der Waals surface area contributed by atoms with Crippen molar-refractivity contribution in [3.05, 3.63) is 23.8 Å². The van der Waals surface area contributed by atoms with Gasteiger partial charge in [-0.15, -0.1) is 0 Å². The fourth-order valence-electron chi connectivity index (χ4n) is 1.94. The number of benzene rings is 1. The second-order valence-corrected chi connectivity index (χ2v) is 4.11. The first kappa shape index (κ1) is 12.3. The Labute approximate surface area is 101 Å². The lowest BCUT2D eigenvalue weighted by molar-refractivity contribution is -0.123. The summed E-state index contributed by atoms with van der Waals surface area (Å²) in [6.45, 7) is -0.0846. The fourth-order valence-corrected chi connectivity index (χ4v) is 1.94. The molecule has 0 aromatic heterocycles. The van der Waals surface area contributed by atoms with E-state index in [1.54, 1.807) is 0 Å². The first-order valence-electron chi connectivity index (χ1n) is 5.25. The van der Waals surface area contributed by atoms with E-state index in [1.165, 1.54) is 6.07 Å². The third-order valence-corrected chi connectivity index (χ3v) is 2.90. The maximum absolute atomic E-state index is 13.7. The highest BCUT2D eigenvalue weighted by atomic mass is 19.2. The minimum atomic E-state index is -1.20. The first-order chi connectivity index (χ1) is 8.41. The highest BCUT2D eigenvalue weighted by Gasteiger charge is 2.36. The summed E-state index contributed by atoms with van der Waals surface area (Å²) in [5.41, 5.74) is 10.2. The van der Waals surface area contributed by atoms with Gasteiger partial charge in [0.2, 0.25) is 11.8 Å². The summed E-state index contributed by atoms with van der Waals surface area (Å²) in [7, 11) is 0. The van der Waals surface area contributed by atoms with Crippen LogP contribution in [0.4, 0.5) is 20.2 Å². The number of nitrogens with zero attached hydrogens (tertiary/aromatic N) is 1. The molecule has 18 heavy (non-hydrogen) atoms. The Bertz CT molecular complexity index is 533. The first-order valence-corrected chi connectivity index (χ1v) is 5.25. The molecule has 1 unspecified atom stereocenters. The summed E-state index contributed by atoms with van der Waals surface area (Å²) in [4.78, 5) is 23.6. The highest BCUT2D eigenvalue weighted by molar-refractivity contribution is 6.02. The van der Waals surface area contributed by atoms with Gasteiger partial charge < -0.3 is 16.4 Å². The number of rotatable bonds is 2.